The Kier molecular flexibility index (Phi) is 4.68. The summed E-state index contributed by atoms with van der Waals surface area (Å²) in [7, 11) is 0. The number of fused-ring (bicyclic) bond motifs is 10. The molecule has 0 fully saturated rings. The third kappa shape index (κ3) is 3.06. The van der Waals surface area contributed by atoms with E-state index in [0.29, 0.717) is 16.3 Å². The Balaban J connectivity index is 1.38. The van der Waals surface area contributed by atoms with Crippen molar-refractivity contribution in [2.75, 3.05) is 0 Å². The summed E-state index contributed by atoms with van der Waals surface area (Å²) >= 11 is 0. The first-order valence-corrected chi connectivity index (χ1v) is 15.0. The molecular weight excluding hydrogens is 556 g/mol. The molecule has 0 aliphatic carbocycles. The van der Waals surface area contributed by atoms with Crippen LogP contribution in [-0.2, 0) is 0 Å². The van der Waals surface area contributed by atoms with Gasteiger partial charge in [0.25, 0.3) is 11.1 Å². The molecule has 45 heavy (non-hydrogen) atoms. The van der Waals surface area contributed by atoms with Crippen molar-refractivity contribution in [1.82, 2.24) is 9.03 Å². The molecule has 0 aliphatic rings. The summed E-state index contributed by atoms with van der Waals surface area (Å²) in [6.45, 7) is 0. The lowest BCUT2D eigenvalue weighted by Crippen LogP contribution is -2.21. The van der Waals surface area contributed by atoms with Gasteiger partial charge in [0, 0.05) is 21.9 Å². The highest BCUT2D eigenvalue weighted by Gasteiger charge is 2.24. The van der Waals surface area contributed by atoms with Gasteiger partial charge in [0.1, 0.15) is 11.2 Å². The van der Waals surface area contributed by atoms with Crippen LogP contribution in [-0.4, -0.2) is 9.03 Å². The van der Waals surface area contributed by atoms with Gasteiger partial charge < -0.3 is 4.42 Å². The van der Waals surface area contributed by atoms with E-state index in [1.807, 2.05) is 66.7 Å². The van der Waals surface area contributed by atoms with Crippen molar-refractivity contribution in [1.29, 1.82) is 0 Å². The summed E-state index contributed by atoms with van der Waals surface area (Å²) in [5.74, 6) is 0. The number of hydrogen-bond acceptors (Lipinski definition) is 3. The topological polar surface area (TPSA) is 56.1 Å². The molecule has 3 aromatic heterocycles. The van der Waals surface area contributed by atoms with Gasteiger partial charge in [-0.1, -0.05) is 109 Å². The summed E-state index contributed by atoms with van der Waals surface area (Å²) in [5, 5.41) is 7.39. The van der Waals surface area contributed by atoms with E-state index in [1.165, 1.54) is 4.52 Å². The van der Waals surface area contributed by atoms with Crippen molar-refractivity contribution in [2.45, 2.75) is 0 Å². The van der Waals surface area contributed by atoms with E-state index in [1.54, 1.807) is 10.6 Å². The van der Waals surface area contributed by atoms with Crippen molar-refractivity contribution in [3.05, 3.63) is 154 Å². The fourth-order valence-corrected chi connectivity index (χ4v) is 7.48. The standard InChI is InChI=1S/C40H22N2O3/c43-39-29-16-5-7-20-32(29)41-33-21-10-18-30(37(33)40(44)42(39)41)35-24-12-1-3-14-26(24)36(27-15-4-2-13-25(27)35)31-19-9-17-28-23-11-6-8-22-34(23)45-38(28)31/h1-22H. The zero-order valence-corrected chi connectivity index (χ0v) is 23.8. The summed E-state index contributed by atoms with van der Waals surface area (Å²) < 4.78 is 9.56. The van der Waals surface area contributed by atoms with Crippen LogP contribution in [0.5, 0.6) is 0 Å². The smallest absolute Gasteiger partial charge is 0.283 e. The normalized spacial score (nSPS) is 12.2. The largest absolute Gasteiger partial charge is 0.455 e. The third-order valence-corrected chi connectivity index (χ3v) is 9.31. The van der Waals surface area contributed by atoms with Gasteiger partial charge in [0.15, 0.2) is 0 Å². The van der Waals surface area contributed by atoms with Gasteiger partial charge in [0.2, 0.25) is 0 Å². The number of furan rings is 1. The van der Waals surface area contributed by atoms with E-state index in [0.717, 1.165) is 71.3 Å². The molecule has 0 N–H and O–H groups in total. The van der Waals surface area contributed by atoms with E-state index in [4.69, 9.17) is 4.42 Å². The lowest BCUT2D eigenvalue weighted by Gasteiger charge is -2.18. The number of nitrogens with zero attached hydrogens (tertiary/aromatic N) is 2. The van der Waals surface area contributed by atoms with Crippen LogP contribution in [0.4, 0.5) is 0 Å². The molecule has 0 saturated heterocycles. The number of para-hydroxylation sites is 3. The summed E-state index contributed by atoms with van der Waals surface area (Å²) in [4.78, 5) is 27.7. The average Bonchev–Trinajstić information content (AvgIpc) is 3.72. The second kappa shape index (κ2) is 8.68. The fourth-order valence-electron chi connectivity index (χ4n) is 7.48. The van der Waals surface area contributed by atoms with Crippen LogP contribution < -0.4 is 11.1 Å². The molecule has 10 aromatic rings. The maximum Gasteiger partial charge on any atom is 0.283 e. The Bertz CT molecular complexity index is 2920. The highest BCUT2D eigenvalue weighted by atomic mass is 16.3. The van der Waals surface area contributed by atoms with Crippen LogP contribution in [0.3, 0.4) is 0 Å². The number of aromatic nitrogens is 2. The molecule has 210 valence electrons. The molecule has 10 rings (SSSR count). The van der Waals surface area contributed by atoms with Crippen LogP contribution in [0, 0.1) is 0 Å². The molecule has 0 spiro atoms. The van der Waals surface area contributed by atoms with E-state index in [-0.39, 0.29) is 11.1 Å². The second-order valence-electron chi connectivity index (χ2n) is 11.6. The lowest BCUT2D eigenvalue weighted by atomic mass is 9.85. The molecule has 0 aliphatic heterocycles. The molecule has 5 heteroatoms. The molecular formula is C40H22N2O3. The molecule has 0 atom stereocenters. The number of rotatable bonds is 2. The van der Waals surface area contributed by atoms with Gasteiger partial charge >= 0.3 is 0 Å². The molecule has 3 heterocycles. The molecule has 0 saturated carbocycles. The third-order valence-electron chi connectivity index (χ3n) is 9.31. The number of hydrogen-bond donors (Lipinski definition) is 0. The Morgan fingerprint density at radius 1 is 0.400 bits per heavy atom. The molecule has 0 amide bonds. The maximum atomic E-state index is 14.2. The SMILES string of the molecule is O=c1c2ccccc2n2c3cccc(-c4c5ccccc5c(-c5cccc6c5oc5ccccc56)c5ccccc45)c3c(=O)n12. The molecule has 0 bridgehead atoms. The van der Waals surface area contributed by atoms with Crippen LogP contribution in [0.15, 0.2) is 147 Å². The molecule has 0 radical (unpaired) electrons. The molecule has 7 aromatic carbocycles. The van der Waals surface area contributed by atoms with Crippen LogP contribution in [0.2, 0.25) is 0 Å². The van der Waals surface area contributed by atoms with Crippen molar-refractivity contribution >= 4 is 65.3 Å². The van der Waals surface area contributed by atoms with Crippen LogP contribution >= 0.6 is 0 Å². The van der Waals surface area contributed by atoms with E-state index >= 15 is 0 Å². The first-order valence-electron chi connectivity index (χ1n) is 15.0. The fraction of sp³-hybridized carbons (Fsp3) is 0. The number of benzene rings is 7. The minimum absolute atomic E-state index is 0.304. The van der Waals surface area contributed by atoms with E-state index in [2.05, 4.69) is 60.7 Å². The van der Waals surface area contributed by atoms with Gasteiger partial charge in [-0.05, 0) is 56.9 Å². The van der Waals surface area contributed by atoms with Crippen molar-refractivity contribution in [2.24, 2.45) is 0 Å². The van der Waals surface area contributed by atoms with E-state index in [9.17, 15) is 9.59 Å². The van der Waals surface area contributed by atoms with E-state index < -0.39 is 0 Å². The Hall–Kier alpha value is -6.20. The van der Waals surface area contributed by atoms with Gasteiger partial charge in [-0.25, -0.2) is 4.52 Å². The van der Waals surface area contributed by atoms with Crippen molar-refractivity contribution in [3.63, 3.8) is 0 Å². The monoisotopic (exact) mass is 578 g/mol. The summed E-state index contributed by atoms with van der Waals surface area (Å²) in [6, 6.07) is 44.5. The first kappa shape index (κ1) is 24.3. The van der Waals surface area contributed by atoms with Crippen LogP contribution in [0.1, 0.15) is 0 Å². The second-order valence-corrected chi connectivity index (χ2v) is 11.6. The predicted octanol–water partition coefficient (Wildman–Crippen LogP) is 9.04. The maximum absolute atomic E-state index is 14.2. The van der Waals surface area contributed by atoms with Gasteiger partial charge in [-0.2, -0.15) is 4.52 Å². The minimum atomic E-state index is -0.314. The van der Waals surface area contributed by atoms with Gasteiger partial charge in [-0.3, -0.25) is 9.59 Å². The first-order chi connectivity index (χ1) is 22.2. The quantitative estimate of drug-likeness (QED) is 0.192. The molecule has 0 unspecified atom stereocenters. The minimum Gasteiger partial charge on any atom is -0.455 e. The Morgan fingerprint density at radius 3 is 1.62 bits per heavy atom. The lowest BCUT2D eigenvalue weighted by molar-refractivity contribution is 0.670. The van der Waals surface area contributed by atoms with Crippen molar-refractivity contribution < 1.29 is 4.42 Å². The highest BCUT2D eigenvalue weighted by molar-refractivity contribution is 6.25. The summed E-state index contributed by atoms with van der Waals surface area (Å²) in [6.07, 6.45) is 0. The molecule has 5 nitrogen and oxygen atoms in total. The average molecular weight is 579 g/mol. The highest BCUT2D eigenvalue weighted by Crippen LogP contribution is 2.47. The Morgan fingerprint density at radius 2 is 0.911 bits per heavy atom. The van der Waals surface area contributed by atoms with Crippen LogP contribution in [0.25, 0.3) is 87.5 Å². The summed E-state index contributed by atoms with van der Waals surface area (Å²) in [5.41, 5.74) is 6.39. The van der Waals surface area contributed by atoms with Crippen molar-refractivity contribution in [3.8, 4) is 22.3 Å². The zero-order valence-electron chi connectivity index (χ0n) is 23.8. The Labute approximate surface area is 254 Å². The zero-order chi connectivity index (χ0) is 29.8. The van der Waals surface area contributed by atoms with Gasteiger partial charge in [0.05, 0.1) is 21.8 Å². The van der Waals surface area contributed by atoms with Gasteiger partial charge in [-0.15, -0.1) is 0 Å². The predicted molar refractivity (Wildman–Crippen MR) is 183 cm³/mol.